The van der Waals surface area contributed by atoms with Crippen molar-refractivity contribution in [3.8, 4) is 11.5 Å². The molecule has 0 aliphatic carbocycles. The van der Waals surface area contributed by atoms with E-state index in [0.29, 0.717) is 0 Å². The molecule has 2 aliphatic heterocycles. The molecule has 0 saturated carbocycles. The quantitative estimate of drug-likeness (QED) is 0.732. The zero-order valence-electron chi connectivity index (χ0n) is 14.5. The van der Waals surface area contributed by atoms with Crippen molar-refractivity contribution in [3.05, 3.63) is 36.4 Å². The molecule has 2 aromatic carbocycles. The number of nitrogens with zero attached hydrogens (tertiary/aromatic N) is 2. The van der Waals surface area contributed by atoms with Crippen LogP contribution in [0.3, 0.4) is 0 Å². The molecule has 2 aliphatic rings. The van der Waals surface area contributed by atoms with E-state index in [2.05, 4.69) is 65.4 Å². The number of hydrogen-bond acceptors (Lipinski definition) is 4. The number of benzene rings is 2. The highest BCUT2D eigenvalue weighted by Gasteiger charge is 2.20. The summed E-state index contributed by atoms with van der Waals surface area (Å²) in [6.07, 6.45) is 2.57. The van der Waals surface area contributed by atoms with Crippen LogP contribution in [0.15, 0.2) is 36.4 Å². The van der Waals surface area contributed by atoms with Crippen LogP contribution in [0.2, 0.25) is 0 Å². The van der Waals surface area contributed by atoms with Crippen molar-refractivity contribution in [1.82, 2.24) is 0 Å². The summed E-state index contributed by atoms with van der Waals surface area (Å²) in [7, 11) is 0. The fourth-order valence-corrected chi connectivity index (χ4v) is 3.62. The Balaban J connectivity index is 1.63. The van der Waals surface area contributed by atoms with Crippen LogP contribution in [0, 0.1) is 0 Å². The maximum absolute atomic E-state index is 6.24. The first-order chi connectivity index (χ1) is 11.8. The van der Waals surface area contributed by atoms with Crippen molar-refractivity contribution in [2.75, 3.05) is 41.3 Å². The van der Waals surface area contributed by atoms with Crippen molar-refractivity contribution in [2.45, 2.75) is 26.7 Å². The standard InChI is InChI=1S/C20H25N3O/c1-3-22(4-2)15-7-9-17-19(13-15)24-20-14-16(8-10-18(20)21-17)23-11-5-6-12-23/h7-10,13-14,21H,3-6,11-12H2,1-2H3. The Hall–Kier alpha value is -2.36. The number of anilines is 4. The fourth-order valence-electron chi connectivity index (χ4n) is 3.62. The lowest BCUT2D eigenvalue weighted by Gasteiger charge is -2.27. The van der Waals surface area contributed by atoms with Crippen LogP contribution in [0.1, 0.15) is 26.7 Å². The number of fused-ring (bicyclic) bond motifs is 2. The molecule has 126 valence electrons. The minimum atomic E-state index is 0.908. The molecule has 4 heteroatoms. The highest BCUT2D eigenvalue weighted by Crippen LogP contribution is 2.45. The lowest BCUT2D eigenvalue weighted by atomic mass is 10.1. The summed E-state index contributed by atoms with van der Waals surface area (Å²) in [5, 5.41) is 3.50. The second-order valence-corrected chi connectivity index (χ2v) is 6.45. The number of hydrogen-bond donors (Lipinski definition) is 1. The summed E-state index contributed by atoms with van der Waals surface area (Å²) in [6, 6.07) is 12.9. The normalized spacial score (nSPS) is 15.3. The monoisotopic (exact) mass is 323 g/mol. The maximum Gasteiger partial charge on any atom is 0.153 e. The third kappa shape index (κ3) is 2.66. The first-order valence-electron chi connectivity index (χ1n) is 9.01. The Labute approximate surface area is 144 Å². The third-order valence-electron chi connectivity index (χ3n) is 5.02. The van der Waals surface area contributed by atoms with Gasteiger partial charge in [-0.05, 0) is 51.0 Å². The van der Waals surface area contributed by atoms with E-state index in [1.807, 2.05) is 0 Å². The van der Waals surface area contributed by atoms with Gasteiger partial charge in [-0.1, -0.05) is 0 Å². The number of nitrogens with one attached hydrogen (secondary N) is 1. The molecule has 0 spiro atoms. The largest absolute Gasteiger partial charge is 0.453 e. The van der Waals surface area contributed by atoms with Gasteiger partial charge >= 0.3 is 0 Å². The topological polar surface area (TPSA) is 27.7 Å². The number of rotatable bonds is 4. The van der Waals surface area contributed by atoms with E-state index in [-0.39, 0.29) is 0 Å². The van der Waals surface area contributed by atoms with Gasteiger partial charge in [-0.2, -0.15) is 0 Å². The van der Waals surface area contributed by atoms with E-state index in [1.54, 1.807) is 0 Å². The van der Waals surface area contributed by atoms with Gasteiger partial charge in [0.15, 0.2) is 11.5 Å². The smallest absolute Gasteiger partial charge is 0.153 e. The Kier molecular flexibility index (Phi) is 3.97. The highest BCUT2D eigenvalue weighted by molar-refractivity contribution is 5.79. The zero-order chi connectivity index (χ0) is 16.5. The minimum absolute atomic E-state index is 0.908. The summed E-state index contributed by atoms with van der Waals surface area (Å²) in [6.45, 7) is 8.65. The molecule has 4 nitrogen and oxygen atoms in total. The Morgan fingerprint density at radius 1 is 0.958 bits per heavy atom. The van der Waals surface area contributed by atoms with Crippen molar-refractivity contribution in [3.63, 3.8) is 0 Å². The molecule has 0 bridgehead atoms. The molecular weight excluding hydrogens is 298 g/mol. The second kappa shape index (κ2) is 6.27. The molecule has 1 N–H and O–H groups in total. The maximum atomic E-state index is 6.24. The molecule has 1 fully saturated rings. The van der Waals surface area contributed by atoms with Gasteiger partial charge in [0.05, 0.1) is 11.4 Å². The molecule has 1 saturated heterocycles. The molecule has 0 aromatic heterocycles. The average molecular weight is 323 g/mol. The first-order valence-corrected chi connectivity index (χ1v) is 9.01. The van der Waals surface area contributed by atoms with E-state index in [1.165, 1.54) is 24.2 Å². The van der Waals surface area contributed by atoms with E-state index in [9.17, 15) is 0 Å². The van der Waals surface area contributed by atoms with Crippen LogP contribution in [-0.4, -0.2) is 26.2 Å². The van der Waals surface area contributed by atoms with E-state index in [0.717, 1.165) is 49.1 Å². The molecule has 0 amide bonds. The summed E-state index contributed by atoms with van der Waals surface area (Å²) >= 11 is 0. The molecule has 0 unspecified atom stereocenters. The molecule has 2 heterocycles. The van der Waals surface area contributed by atoms with Gasteiger partial charge in [0.2, 0.25) is 0 Å². The summed E-state index contributed by atoms with van der Waals surface area (Å²) < 4.78 is 6.24. The van der Waals surface area contributed by atoms with Gasteiger partial charge in [-0.15, -0.1) is 0 Å². The average Bonchev–Trinajstić information content (AvgIpc) is 3.15. The Morgan fingerprint density at radius 2 is 1.62 bits per heavy atom. The fraction of sp³-hybridized carbons (Fsp3) is 0.400. The van der Waals surface area contributed by atoms with Gasteiger partial charge in [0, 0.05) is 49.7 Å². The van der Waals surface area contributed by atoms with Crippen molar-refractivity contribution >= 4 is 22.7 Å². The number of ether oxygens (including phenoxy) is 1. The van der Waals surface area contributed by atoms with Gasteiger partial charge < -0.3 is 19.9 Å². The van der Waals surface area contributed by atoms with Crippen molar-refractivity contribution in [2.24, 2.45) is 0 Å². The lowest BCUT2D eigenvalue weighted by Crippen LogP contribution is -2.21. The predicted octanol–water partition coefficient (Wildman–Crippen LogP) is 4.98. The predicted molar refractivity (Wildman–Crippen MR) is 101 cm³/mol. The molecule has 2 aromatic rings. The minimum Gasteiger partial charge on any atom is -0.453 e. The zero-order valence-corrected chi connectivity index (χ0v) is 14.5. The molecule has 0 radical (unpaired) electrons. The summed E-state index contributed by atoms with van der Waals surface area (Å²) in [5.41, 5.74) is 4.55. The van der Waals surface area contributed by atoms with Gasteiger partial charge in [-0.25, -0.2) is 0 Å². The van der Waals surface area contributed by atoms with Gasteiger partial charge in [0.25, 0.3) is 0 Å². The summed E-state index contributed by atoms with van der Waals surface area (Å²) in [5.74, 6) is 1.83. The summed E-state index contributed by atoms with van der Waals surface area (Å²) in [4.78, 5) is 4.77. The van der Waals surface area contributed by atoms with Crippen LogP contribution in [0.4, 0.5) is 22.7 Å². The first kappa shape index (κ1) is 15.2. The molecule has 24 heavy (non-hydrogen) atoms. The lowest BCUT2D eigenvalue weighted by molar-refractivity contribution is 0.481. The van der Waals surface area contributed by atoms with Crippen molar-refractivity contribution in [1.29, 1.82) is 0 Å². The molecule has 4 rings (SSSR count). The molecule has 0 atom stereocenters. The van der Waals surface area contributed by atoms with Crippen LogP contribution in [-0.2, 0) is 0 Å². The van der Waals surface area contributed by atoms with E-state index < -0.39 is 0 Å². The van der Waals surface area contributed by atoms with Gasteiger partial charge in [0.1, 0.15) is 0 Å². The van der Waals surface area contributed by atoms with Crippen molar-refractivity contribution < 1.29 is 4.74 Å². The Bertz CT molecular complexity index is 684. The van der Waals surface area contributed by atoms with Crippen LogP contribution < -0.4 is 19.9 Å². The van der Waals surface area contributed by atoms with Crippen LogP contribution in [0.25, 0.3) is 0 Å². The molecular formula is C20H25N3O. The highest BCUT2D eigenvalue weighted by atomic mass is 16.5. The Morgan fingerprint density at radius 3 is 2.33 bits per heavy atom. The van der Waals surface area contributed by atoms with Gasteiger partial charge in [-0.3, -0.25) is 0 Å². The SMILES string of the molecule is CCN(CC)c1ccc2c(c1)Oc1cc(N3CCCC3)ccc1N2. The van der Waals surface area contributed by atoms with E-state index >= 15 is 0 Å². The van der Waals surface area contributed by atoms with E-state index in [4.69, 9.17) is 4.74 Å². The second-order valence-electron chi connectivity index (χ2n) is 6.45. The third-order valence-corrected chi connectivity index (χ3v) is 5.02. The van der Waals surface area contributed by atoms with Crippen LogP contribution >= 0.6 is 0 Å². The van der Waals surface area contributed by atoms with Crippen LogP contribution in [0.5, 0.6) is 11.5 Å².